The van der Waals surface area contributed by atoms with Crippen molar-refractivity contribution in [2.24, 2.45) is 0 Å². The minimum absolute atomic E-state index is 0.811. The molecule has 104 valence electrons. The van der Waals surface area contributed by atoms with Crippen LogP contribution < -0.4 is 0 Å². The Kier molecular flexibility index (Phi) is 4.57. The lowest BCUT2D eigenvalue weighted by Crippen LogP contribution is -1.88. The molecule has 1 heterocycles. The molecule has 3 rings (SSSR count). The maximum atomic E-state index is 4.31. The minimum atomic E-state index is 0.811. The third-order valence-corrected chi connectivity index (χ3v) is 4.45. The van der Waals surface area contributed by atoms with E-state index in [2.05, 4.69) is 95.2 Å². The summed E-state index contributed by atoms with van der Waals surface area (Å²) in [5.74, 6) is 0. The lowest BCUT2D eigenvalue weighted by Gasteiger charge is -2.11. The van der Waals surface area contributed by atoms with Gasteiger partial charge in [-0.1, -0.05) is 52.3 Å². The summed E-state index contributed by atoms with van der Waals surface area (Å²) in [6.07, 6.45) is 0. The molecule has 1 nitrogen and oxygen atoms in total. The molecule has 0 atom stereocenters. The van der Waals surface area contributed by atoms with Crippen LogP contribution in [0.1, 0.15) is 0 Å². The van der Waals surface area contributed by atoms with Gasteiger partial charge in [0.05, 0.1) is 0 Å². The maximum Gasteiger partial charge on any atom is 0.108 e. The number of benzene rings is 2. The first-order chi connectivity index (χ1) is 10.1. The van der Waals surface area contributed by atoms with Gasteiger partial charge >= 0.3 is 0 Å². The lowest BCUT2D eigenvalue weighted by molar-refractivity contribution is 1.23. The van der Waals surface area contributed by atoms with Crippen molar-refractivity contribution in [3.63, 3.8) is 0 Å². The van der Waals surface area contributed by atoms with Gasteiger partial charge in [0.15, 0.2) is 0 Å². The summed E-state index contributed by atoms with van der Waals surface area (Å²) in [6, 6.07) is 20.8. The maximum absolute atomic E-state index is 4.31. The average molecular weight is 468 g/mol. The second kappa shape index (κ2) is 6.42. The molecule has 4 heteroatoms. The van der Waals surface area contributed by atoms with Crippen LogP contribution in [-0.2, 0) is 0 Å². The molecule has 0 amide bonds. The van der Waals surface area contributed by atoms with E-state index in [4.69, 9.17) is 0 Å². The normalized spacial score (nSPS) is 10.6. The molecule has 0 N–H and O–H groups in total. The summed E-state index contributed by atoms with van der Waals surface area (Å²) in [4.78, 5) is 4.31. The van der Waals surface area contributed by atoms with Crippen LogP contribution in [0.4, 0.5) is 0 Å². The van der Waals surface area contributed by atoms with Gasteiger partial charge < -0.3 is 0 Å². The Hall–Kier alpha value is -0.970. The molecule has 0 aliphatic carbocycles. The number of pyridine rings is 1. The highest BCUT2D eigenvalue weighted by atomic mass is 79.9. The fourth-order valence-corrected chi connectivity index (χ4v) is 3.72. The zero-order valence-corrected chi connectivity index (χ0v) is 15.6. The molecule has 1 aromatic heterocycles. The Morgan fingerprint density at radius 2 is 1.29 bits per heavy atom. The van der Waals surface area contributed by atoms with Crippen LogP contribution in [-0.4, -0.2) is 4.98 Å². The van der Waals surface area contributed by atoms with Gasteiger partial charge in [-0.15, -0.1) is 0 Å². The average Bonchev–Trinajstić information content (AvgIpc) is 2.47. The molecule has 0 aliphatic rings. The van der Waals surface area contributed by atoms with E-state index in [-0.39, 0.29) is 0 Å². The molecule has 0 radical (unpaired) electrons. The van der Waals surface area contributed by atoms with E-state index in [9.17, 15) is 0 Å². The number of hydrogen-bond donors (Lipinski definition) is 0. The Morgan fingerprint density at radius 1 is 0.619 bits per heavy atom. The van der Waals surface area contributed by atoms with E-state index in [0.29, 0.717) is 0 Å². The second-order valence-electron chi connectivity index (χ2n) is 4.56. The number of aromatic nitrogens is 1. The summed E-state index contributed by atoms with van der Waals surface area (Å²) in [6.45, 7) is 0. The minimum Gasteiger partial charge on any atom is -0.234 e. The molecule has 0 unspecified atom stereocenters. The molecule has 0 aliphatic heterocycles. The lowest BCUT2D eigenvalue weighted by atomic mass is 9.95. The van der Waals surface area contributed by atoms with E-state index in [1.165, 1.54) is 16.7 Å². The number of nitrogens with zero attached hydrogens (tertiary/aromatic N) is 1. The van der Waals surface area contributed by atoms with Crippen molar-refractivity contribution in [2.75, 3.05) is 0 Å². The van der Waals surface area contributed by atoms with Gasteiger partial charge in [-0.2, -0.15) is 0 Å². The first kappa shape index (κ1) is 14.9. The second-order valence-corrected chi connectivity index (χ2v) is 7.10. The van der Waals surface area contributed by atoms with Gasteiger partial charge in [0.25, 0.3) is 0 Å². The van der Waals surface area contributed by atoms with Crippen molar-refractivity contribution in [1.29, 1.82) is 0 Å². The van der Waals surface area contributed by atoms with E-state index in [1.54, 1.807) is 0 Å². The third kappa shape index (κ3) is 3.44. The van der Waals surface area contributed by atoms with Gasteiger partial charge in [0.2, 0.25) is 0 Å². The summed E-state index contributed by atoms with van der Waals surface area (Å²) < 4.78 is 2.68. The zero-order chi connectivity index (χ0) is 14.8. The highest BCUT2D eigenvalue weighted by Crippen LogP contribution is 2.35. The smallest absolute Gasteiger partial charge is 0.108 e. The molecule has 0 fully saturated rings. The Morgan fingerprint density at radius 3 is 1.95 bits per heavy atom. The number of halogens is 3. The predicted octanol–water partition coefficient (Wildman–Crippen LogP) is 6.70. The summed E-state index contributed by atoms with van der Waals surface area (Å²) >= 11 is 10.5. The van der Waals surface area contributed by atoms with Crippen molar-refractivity contribution in [1.82, 2.24) is 4.98 Å². The van der Waals surface area contributed by atoms with E-state index >= 15 is 0 Å². The molecule has 2 aromatic carbocycles. The molecule has 3 aromatic rings. The first-order valence-corrected chi connectivity index (χ1v) is 8.70. The molecule has 0 bridgehead atoms. The predicted molar refractivity (Wildman–Crippen MR) is 98.2 cm³/mol. The van der Waals surface area contributed by atoms with Crippen molar-refractivity contribution in [3.05, 3.63) is 74.3 Å². The van der Waals surface area contributed by atoms with Gasteiger partial charge in [-0.25, -0.2) is 4.98 Å². The Labute approximate surface area is 148 Å². The molecular weight excluding hydrogens is 458 g/mol. The SMILES string of the molecule is Brc1ccc(-c2ccccc2)c(-c2cc(Br)nc(Br)c2)c1. The largest absolute Gasteiger partial charge is 0.234 e. The van der Waals surface area contributed by atoms with Gasteiger partial charge in [-0.05, 0) is 78.4 Å². The van der Waals surface area contributed by atoms with E-state index < -0.39 is 0 Å². The van der Waals surface area contributed by atoms with Crippen molar-refractivity contribution < 1.29 is 0 Å². The Bertz CT molecular complexity index is 765. The van der Waals surface area contributed by atoms with Gasteiger partial charge in [0.1, 0.15) is 9.21 Å². The molecular formula is C17H10Br3N. The van der Waals surface area contributed by atoms with Crippen molar-refractivity contribution in [2.45, 2.75) is 0 Å². The quantitative estimate of drug-likeness (QED) is 0.382. The van der Waals surface area contributed by atoms with Crippen LogP contribution in [0, 0.1) is 0 Å². The van der Waals surface area contributed by atoms with Crippen LogP contribution in [0.15, 0.2) is 74.3 Å². The standard InChI is InChI=1S/C17H10Br3N/c18-13-6-7-14(11-4-2-1-3-5-11)15(10-13)12-8-16(19)21-17(20)9-12/h1-10H. The fraction of sp³-hybridized carbons (Fsp3) is 0. The number of rotatable bonds is 2. The van der Waals surface area contributed by atoms with Gasteiger partial charge in [0, 0.05) is 4.47 Å². The molecule has 0 saturated heterocycles. The third-order valence-electron chi connectivity index (χ3n) is 3.14. The van der Waals surface area contributed by atoms with Crippen molar-refractivity contribution in [3.8, 4) is 22.3 Å². The summed E-state index contributed by atoms with van der Waals surface area (Å²) in [5, 5.41) is 0. The van der Waals surface area contributed by atoms with Crippen LogP contribution >= 0.6 is 47.8 Å². The highest BCUT2D eigenvalue weighted by Gasteiger charge is 2.10. The van der Waals surface area contributed by atoms with E-state index in [1.807, 2.05) is 18.2 Å². The highest BCUT2D eigenvalue weighted by molar-refractivity contribution is 9.11. The molecule has 0 spiro atoms. The summed E-state index contributed by atoms with van der Waals surface area (Å²) in [7, 11) is 0. The number of hydrogen-bond acceptors (Lipinski definition) is 1. The molecule has 21 heavy (non-hydrogen) atoms. The topological polar surface area (TPSA) is 12.9 Å². The van der Waals surface area contributed by atoms with E-state index in [0.717, 1.165) is 19.2 Å². The first-order valence-electron chi connectivity index (χ1n) is 6.32. The van der Waals surface area contributed by atoms with Crippen LogP contribution in [0.3, 0.4) is 0 Å². The zero-order valence-electron chi connectivity index (χ0n) is 10.9. The van der Waals surface area contributed by atoms with Gasteiger partial charge in [-0.3, -0.25) is 0 Å². The monoisotopic (exact) mass is 465 g/mol. The summed E-state index contributed by atoms with van der Waals surface area (Å²) in [5.41, 5.74) is 4.68. The fourth-order valence-electron chi connectivity index (χ4n) is 2.25. The Balaban J connectivity index is 2.24. The van der Waals surface area contributed by atoms with Crippen LogP contribution in [0.25, 0.3) is 22.3 Å². The van der Waals surface area contributed by atoms with Crippen LogP contribution in [0.2, 0.25) is 0 Å². The van der Waals surface area contributed by atoms with Crippen molar-refractivity contribution >= 4 is 47.8 Å². The van der Waals surface area contributed by atoms with Crippen LogP contribution in [0.5, 0.6) is 0 Å². The molecule has 0 saturated carbocycles.